The first-order chi connectivity index (χ1) is 6.74. The first-order valence-corrected chi connectivity index (χ1v) is 5.50. The van der Waals surface area contributed by atoms with Crippen LogP contribution in [-0.2, 0) is 4.74 Å². The number of aryl methyl sites for hydroxylation is 1. The standard InChI is InChI=1S/C11H14O2S/c1-9-3-2-4-10(5-9)14-11(6-12)7-13-8-11/h2-5,12H,6-8H2,1H3. The van der Waals surface area contributed by atoms with Crippen LogP contribution >= 0.6 is 11.8 Å². The predicted molar refractivity (Wildman–Crippen MR) is 57.7 cm³/mol. The molecule has 0 bridgehead atoms. The molecule has 2 rings (SSSR count). The molecule has 0 atom stereocenters. The summed E-state index contributed by atoms with van der Waals surface area (Å²) in [6, 6.07) is 8.34. The summed E-state index contributed by atoms with van der Waals surface area (Å²) in [6.45, 7) is 3.57. The van der Waals surface area contributed by atoms with Gasteiger partial charge >= 0.3 is 0 Å². The maximum Gasteiger partial charge on any atom is 0.0902 e. The predicted octanol–water partition coefficient (Wildman–Crippen LogP) is 1.85. The van der Waals surface area contributed by atoms with Gasteiger partial charge in [0.1, 0.15) is 0 Å². The summed E-state index contributed by atoms with van der Waals surface area (Å²) in [5.74, 6) is 0. The Kier molecular flexibility index (Phi) is 2.81. The maximum absolute atomic E-state index is 9.27. The van der Waals surface area contributed by atoms with Crippen LogP contribution < -0.4 is 0 Å². The number of aliphatic hydroxyl groups is 1. The van der Waals surface area contributed by atoms with E-state index in [9.17, 15) is 5.11 Å². The molecule has 0 amide bonds. The van der Waals surface area contributed by atoms with Gasteiger partial charge in [0.2, 0.25) is 0 Å². The molecule has 3 heteroatoms. The molecular formula is C11H14O2S. The van der Waals surface area contributed by atoms with E-state index in [1.807, 2.05) is 6.07 Å². The molecule has 76 valence electrons. The lowest BCUT2D eigenvalue weighted by Gasteiger charge is -2.39. The molecule has 14 heavy (non-hydrogen) atoms. The molecule has 0 saturated carbocycles. The fourth-order valence-corrected chi connectivity index (χ4v) is 2.68. The van der Waals surface area contributed by atoms with E-state index in [4.69, 9.17) is 4.74 Å². The minimum atomic E-state index is -0.0895. The minimum absolute atomic E-state index is 0.0895. The highest BCUT2D eigenvalue weighted by Gasteiger charge is 2.39. The van der Waals surface area contributed by atoms with Gasteiger partial charge in [0.15, 0.2) is 0 Å². The number of benzene rings is 1. The zero-order chi connectivity index (χ0) is 10.0. The maximum atomic E-state index is 9.27. The lowest BCUT2D eigenvalue weighted by Crippen LogP contribution is -2.49. The van der Waals surface area contributed by atoms with E-state index < -0.39 is 0 Å². The van der Waals surface area contributed by atoms with E-state index >= 15 is 0 Å². The Morgan fingerprint density at radius 2 is 2.29 bits per heavy atom. The number of thioether (sulfide) groups is 1. The van der Waals surface area contributed by atoms with Gasteiger partial charge in [-0.2, -0.15) is 0 Å². The first-order valence-electron chi connectivity index (χ1n) is 4.68. The Morgan fingerprint density at radius 1 is 1.50 bits per heavy atom. The number of aliphatic hydroxyl groups excluding tert-OH is 1. The number of rotatable bonds is 3. The van der Waals surface area contributed by atoms with E-state index in [0.29, 0.717) is 13.2 Å². The molecule has 1 aliphatic rings. The van der Waals surface area contributed by atoms with Gasteiger partial charge < -0.3 is 9.84 Å². The van der Waals surface area contributed by atoms with Gasteiger partial charge in [0, 0.05) is 4.90 Å². The Labute approximate surface area is 88.3 Å². The topological polar surface area (TPSA) is 29.5 Å². The van der Waals surface area contributed by atoms with Crippen LogP contribution in [0.1, 0.15) is 5.56 Å². The zero-order valence-corrected chi connectivity index (χ0v) is 9.01. The molecule has 1 aromatic rings. The van der Waals surface area contributed by atoms with Gasteiger partial charge in [0.25, 0.3) is 0 Å². The summed E-state index contributed by atoms with van der Waals surface area (Å²) in [5.41, 5.74) is 1.25. The third-order valence-corrected chi connectivity index (χ3v) is 3.63. The van der Waals surface area contributed by atoms with Crippen molar-refractivity contribution in [1.82, 2.24) is 0 Å². The van der Waals surface area contributed by atoms with E-state index in [1.165, 1.54) is 10.5 Å². The van der Waals surface area contributed by atoms with Crippen LogP contribution in [0.4, 0.5) is 0 Å². The van der Waals surface area contributed by atoms with Crippen LogP contribution in [-0.4, -0.2) is 29.7 Å². The van der Waals surface area contributed by atoms with Crippen molar-refractivity contribution in [2.45, 2.75) is 16.6 Å². The number of hydrogen-bond donors (Lipinski definition) is 1. The molecule has 1 fully saturated rings. The zero-order valence-electron chi connectivity index (χ0n) is 8.19. The largest absolute Gasteiger partial charge is 0.395 e. The second-order valence-electron chi connectivity index (χ2n) is 3.75. The second-order valence-corrected chi connectivity index (χ2v) is 5.29. The van der Waals surface area contributed by atoms with Crippen LogP contribution in [0.5, 0.6) is 0 Å². The summed E-state index contributed by atoms with van der Waals surface area (Å²) >= 11 is 1.72. The van der Waals surface area contributed by atoms with E-state index in [-0.39, 0.29) is 11.4 Å². The average Bonchev–Trinajstić information content (AvgIpc) is 2.11. The normalized spacial score (nSPS) is 19.0. The van der Waals surface area contributed by atoms with Crippen LogP contribution in [0.25, 0.3) is 0 Å². The molecule has 1 heterocycles. The van der Waals surface area contributed by atoms with Crippen LogP contribution in [0.2, 0.25) is 0 Å². The Balaban J connectivity index is 2.09. The summed E-state index contributed by atoms with van der Waals surface area (Å²) in [6.07, 6.45) is 0. The van der Waals surface area contributed by atoms with Crippen molar-refractivity contribution in [3.05, 3.63) is 29.8 Å². The van der Waals surface area contributed by atoms with Crippen LogP contribution in [0.3, 0.4) is 0 Å². The van der Waals surface area contributed by atoms with Gasteiger partial charge in [-0.3, -0.25) is 0 Å². The highest BCUT2D eigenvalue weighted by Crippen LogP contribution is 2.38. The lowest BCUT2D eigenvalue weighted by molar-refractivity contribution is -0.0318. The molecule has 1 N–H and O–H groups in total. The van der Waals surface area contributed by atoms with E-state index in [0.717, 1.165) is 0 Å². The Bertz CT molecular complexity index is 315. The third-order valence-electron chi connectivity index (χ3n) is 2.34. The van der Waals surface area contributed by atoms with E-state index in [1.54, 1.807) is 11.8 Å². The van der Waals surface area contributed by atoms with Crippen molar-refractivity contribution < 1.29 is 9.84 Å². The molecule has 0 unspecified atom stereocenters. The van der Waals surface area contributed by atoms with Crippen molar-refractivity contribution in [3.8, 4) is 0 Å². The summed E-state index contributed by atoms with van der Waals surface area (Å²) in [5, 5.41) is 9.27. The molecule has 0 aliphatic carbocycles. The van der Waals surface area contributed by atoms with Crippen molar-refractivity contribution in [3.63, 3.8) is 0 Å². The number of hydrogen-bond acceptors (Lipinski definition) is 3. The van der Waals surface area contributed by atoms with Crippen molar-refractivity contribution in [2.24, 2.45) is 0 Å². The van der Waals surface area contributed by atoms with Crippen molar-refractivity contribution in [1.29, 1.82) is 0 Å². The monoisotopic (exact) mass is 210 g/mol. The van der Waals surface area contributed by atoms with Gasteiger partial charge in [0.05, 0.1) is 24.6 Å². The second kappa shape index (κ2) is 3.93. The summed E-state index contributed by atoms with van der Waals surface area (Å²) in [7, 11) is 0. The average molecular weight is 210 g/mol. The van der Waals surface area contributed by atoms with Crippen molar-refractivity contribution >= 4 is 11.8 Å². The van der Waals surface area contributed by atoms with Crippen molar-refractivity contribution in [2.75, 3.05) is 19.8 Å². The first kappa shape index (κ1) is 10.0. The van der Waals surface area contributed by atoms with E-state index in [2.05, 4.69) is 25.1 Å². The smallest absolute Gasteiger partial charge is 0.0902 e. The lowest BCUT2D eigenvalue weighted by atomic mass is 10.1. The molecule has 1 aromatic carbocycles. The summed E-state index contributed by atoms with van der Waals surface area (Å²) < 4.78 is 5.06. The fraction of sp³-hybridized carbons (Fsp3) is 0.455. The van der Waals surface area contributed by atoms with Gasteiger partial charge in [-0.25, -0.2) is 0 Å². The van der Waals surface area contributed by atoms with Crippen LogP contribution in [0, 0.1) is 6.92 Å². The van der Waals surface area contributed by atoms with Gasteiger partial charge in [-0.05, 0) is 19.1 Å². The minimum Gasteiger partial charge on any atom is -0.395 e. The Hall–Kier alpha value is -0.510. The molecule has 1 saturated heterocycles. The Morgan fingerprint density at radius 3 is 2.79 bits per heavy atom. The molecule has 1 aliphatic heterocycles. The molecule has 0 radical (unpaired) electrons. The third kappa shape index (κ3) is 1.95. The van der Waals surface area contributed by atoms with Gasteiger partial charge in [-0.15, -0.1) is 11.8 Å². The highest BCUT2D eigenvalue weighted by molar-refractivity contribution is 8.00. The highest BCUT2D eigenvalue weighted by atomic mass is 32.2. The van der Waals surface area contributed by atoms with Gasteiger partial charge in [-0.1, -0.05) is 17.7 Å². The molecule has 0 spiro atoms. The summed E-state index contributed by atoms with van der Waals surface area (Å²) in [4.78, 5) is 1.21. The number of ether oxygens (including phenoxy) is 1. The fourth-order valence-electron chi connectivity index (χ4n) is 1.44. The SMILES string of the molecule is Cc1cccc(SC2(CO)COC2)c1. The quantitative estimate of drug-likeness (QED) is 0.825. The molecule has 0 aromatic heterocycles. The van der Waals surface area contributed by atoms with Crippen LogP contribution in [0.15, 0.2) is 29.2 Å². The molecular weight excluding hydrogens is 196 g/mol. The molecule has 2 nitrogen and oxygen atoms in total.